The van der Waals surface area contributed by atoms with Crippen LogP contribution >= 0.6 is 0 Å². The molecule has 0 unspecified atom stereocenters. The number of aromatic carboxylic acids is 1. The van der Waals surface area contributed by atoms with E-state index in [0.717, 1.165) is 29.0 Å². The first-order chi connectivity index (χ1) is 15.6. The Balaban J connectivity index is 1.83. The molecule has 0 atom stereocenters. The third kappa shape index (κ3) is 3.39. The van der Waals surface area contributed by atoms with Crippen LogP contribution in [-0.2, 0) is 11.2 Å². The van der Waals surface area contributed by atoms with E-state index in [0.29, 0.717) is 49.1 Å². The molecule has 3 aromatic carbocycles. The number of ether oxygens (including phenoxy) is 1. The van der Waals surface area contributed by atoms with E-state index in [1.165, 1.54) is 6.07 Å². The second kappa shape index (κ2) is 8.24. The highest BCUT2D eigenvalue weighted by Crippen LogP contribution is 2.33. The SMILES string of the molecule is CCCc1nc2c(C(=O)O)cc(N3CCOCC3)cc2n1-c1cccc2c(F)cccc12. The van der Waals surface area contributed by atoms with Crippen LogP contribution in [0.5, 0.6) is 0 Å². The third-order valence-electron chi connectivity index (χ3n) is 5.98. The molecule has 7 heteroatoms. The number of carboxylic acid groups (broad SMARTS) is 1. The molecule has 0 spiro atoms. The molecule has 0 saturated carbocycles. The van der Waals surface area contributed by atoms with Crippen molar-refractivity contribution in [2.24, 2.45) is 0 Å². The van der Waals surface area contributed by atoms with Crippen LogP contribution in [0.25, 0.3) is 27.5 Å². The van der Waals surface area contributed by atoms with E-state index in [-0.39, 0.29) is 11.4 Å². The first-order valence-corrected chi connectivity index (χ1v) is 10.9. The predicted molar refractivity (Wildman–Crippen MR) is 123 cm³/mol. The van der Waals surface area contributed by atoms with Crippen molar-refractivity contribution in [2.75, 3.05) is 31.2 Å². The molecule has 6 nitrogen and oxygen atoms in total. The zero-order valence-electron chi connectivity index (χ0n) is 17.8. The summed E-state index contributed by atoms with van der Waals surface area (Å²) in [6.45, 7) is 4.65. The fourth-order valence-electron chi connectivity index (χ4n) is 4.49. The van der Waals surface area contributed by atoms with E-state index in [1.807, 2.05) is 28.8 Å². The molecule has 32 heavy (non-hydrogen) atoms. The first-order valence-electron chi connectivity index (χ1n) is 10.9. The van der Waals surface area contributed by atoms with E-state index < -0.39 is 5.97 Å². The summed E-state index contributed by atoms with van der Waals surface area (Å²) < 4.78 is 22.0. The maximum Gasteiger partial charge on any atom is 0.338 e. The maximum atomic E-state index is 14.5. The molecule has 0 radical (unpaired) electrons. The van der Waals surface area contributed by atoms with Crippen molar-refractivity contribution in [3.63, 3.8) is 0 Å². The van der Waals surface area contributed by atoms with Gasteiger partial charge >= 0.3 is 5.97 Å². The molecule has 1 aliphatic heterocycles. The van der Waals surface area contributed by atoms with Gasteiger partial charge in [0, 0.05) is 36.0 Å². The zero-order valence-corrected chi connectivity index (χ0v) is 17.8. The lowest BCUT2D eigenvalue weighted by Gasteiger charge is -2.29. The Labute approximate surface area is 184 Å². The molecule has 2 heterocycles. The van der Waals surface area contributed by atoms with Crippen LogP contribution in [0, 0.1) is 5.82 Å². The van der Waals surface area contributed by atoms with Crippen LogP contribution in [0.3, 0.4) is 0 Å². The Morgan fingerprint density at radius 3 is 2.62 bits per heavy atom. The minimum atomic E-state index is -1.01. The van der Waals surface area contributed by atoms with E-state index in [4.69, 9.17) is 9.72 Å². The number of hydrogen-bond acceptors (Lipinski definition) is 4. The van der Waals surface area contributed by atoms with Gasteiger partial charge in [-0.3, -0.25) is 4.57 Å². The van der Waals surface area contributed by atoms with E-state index in [1.54, 1.807) is 18.2 Å². The van der Waals surface area contributed by atoms with Crippen LogP contribution in [0.4, 0.5) is 10.1 Å². The van der Waals surface area contributed by atoms with Gasteiger partial charge in [-0.1, -0.05) is 31.2 Å². The van der Waals surface area contributed by atoms with Gasteiger partial charge in [-0.2, -0.15) is 0 Å². The molecule has 0 bridgehead atoms. The number of carboxylic acids is 1. The second-order valence-electron chi connectivity index (χ2n) is 7.99. The quantitative estimate of drug-likeness (QED) is 0.489. The number of rotatable bonds is 5. The minimum Gasteiger partial charge on any atom is -0.478 e. The molecule has 1 aromatic heterocycles. The Kier molecular flexibility index (Phi) is 5.27. The average Bonchev–Trinajstić information content (AvgIpc) is 3.17. The minimum absolute atomic E-state index is 0.173. The van der Waals surface area contributed by atoms with Crippen molar-refractivity contribution in [1.29, 1.82) is 0 Å². The van der Waals surface area contributed by atoms with Crippen LogP contribution < -0.4 is 4.90 Å². The number of fused-ring (bicyclic) bond motifs is 2. The molecule has 5 rings (SSSR count). The van der Waals surface area contributed by atoms with Gasteiger partial charge in [0.1, 0.15) is 17.2 Å². The van der Waals surface area contributed by atoms with Crippen LogP contribution in [0.1, 0.15) is 29.5 Å². The largest absolute Gasteiger partial charge is 0.478 e. The predicted octanol–water partition coefficient (Wildman–Crippen LogP) is 4.81. The van der Waals surface area contributed by atoms with Gasteiger partial charge in [0.2, 0.25) is 0 Å². The van der Waals surface area contributed by atoms with E-state index in [2.05, 4.69) is 11.8 Å². The number of morpholine rings is 1. The maximum absolute atomic E-state index is 14.5. The van der Waals surface area contributed by atoms with Crippen LogP contribution in [-0.4, -0.2) is 46.9 Å². The molecule has 0 aliphatic carbocycles. The molecule has 1 fully saturated rings. The second-order valence-corrected chi connectivity index (χ2v) is 7.99. The smallest absolute Gasteiger partial charge is 0.338 e. The van der Waals surface area contributed by atoms with Crippen LogP contribution in [0.2, 0.25) is 0 Å². The summed E-state index contributed by atoms with van der Waals surface area (Å²) in [5, 5.41) is 11.3. The van der Waals surface area contributed by atoms with E-state index >= 15 is 0 Å². The number of benzene rings is 3. The Morgan fingerprint density at radius 1 is 1.12 bits per heavy atom. The van der Waals surface area contributed by atoms with Crippen molar-refractivity contribution in [1.82, 2.24) is 9.55 Å². The third-order valence-corrected chi connectivity index (χ3v) is 5.98. The van der Waals surface area contributed by atoms with Gasteiger partial charge in [0.25, 0.3) is 0 Å². The molecular formula is C25H24FN3O3. The molecule has 0 amide bonds. The summed E-state index contributed by atoms with van der Waals surface area (Å²) in [5.74, 6) is -0.534. The standard InChI is InChI=1S/C25H24FN3O3/c1-2-5-23-27-24-19(25(30)31)14-16(28-10-12-32-13-11-28)15-22(24)29(23)21-9-4-6-17-18(21)7-3-8-20(17)26/h3-4,6-9,14-15H,2,5,10-13H2,1H3,(H,30,31). The highest BCUT2D eigenvalue weighted by molar-refractivity contribution is 6.04. The number of halogens is 1. The molecule has 4 aromatic rings. The lowest BCUT2D eigenvalue weighted by Crippen LogP contribution is -2.36. The number of imidazole rings is 1. The lowest BCUT2D eigenvalue weighted by molar-refractivity contribution is 0.0699. The number of aromatic nitrogens is 2. The molecule has 164 valence electrons. The Morgan fingerprint density at radius 2 is 1.88 bits per heavy atom. The zero-order chi connectivity index (χ0) is 22.2. The Hall–Kier alpha value is -3.45. The van der Waals surface area contributed by atoms with Gasteiger partial charge in [-0.05, 0) is 30.7 Å². The van der Waals surface area contributed by atoms with E-state index in [9.17, 15) is 14.3 Å². The van der Waals surface area contributed by atoms with Gasteiger partial charge in [0.15, 0.2) is 0 Å². The summed E-state index contributed by atoms with van der Waals surface area (Å²) in [5.41, 5.74) is 2.96. The number of carbonyl (C=O) groups is 1. The number of nitrogens with zero attached hydrogens (tertiary/aromatic N) is 3. The van der Waals surface area contributed by atoms with Crippen molar-refractivity contribution in [3.05, 3.63) is 65.7 Å². The topological polar surface area (TPSA) is 67.6 Å². The summed E-state index contributed by atoms with van der Waals surface area (Å²) in [7, 11) is 0. The van der Waals surface area contributed by atoms with Crippen molar-refractivity contribution in [3.8, 4) is 5.69 Å². The monoisotopic (exact) mass is 433 g/mol. The normalized spacial score (nSPS) is 14.4. The molecule has 1 N–H and O–H groups in total. The van der Waals surface area contributed by atoms with Crippen molar-refractivity contribution < 1.29 is 19.0 Å². The first kappa shape index (κ1) is 20.5. The number of anilines is 1. The Bertz CT molecular complexity index is 1330. The van der Waals surface area contributed by atoms with Crippen molar-refractivity contribution in [2.45, 2.75) is 19.8 Å². The summed E-state index contributed by atoms with van der Waals surface area (Å²) in [4.78, 5) is 19.1. The van der Waals surface area contributed by atoms with Gasteiger partial charge < -0.3 is 14.7 Å². The van der Waals surface area contributed by atoms with Gasteiger partial charge in [-0.15, -0.1) is 0 Å². The highest BCUT2D eigenvalue weighted by atomic mass is 19.1. The molecule has 1 aliphatic rings. The number of hydrogen-bond donors (Lipinski definition) is 1. The highest BCUT2D eigenvalue weighted by Gasteiger charge is 2.23. The van der Waals surface area contributed by atoms with Gasteiger partial charge in [-0.25, -0.2) is 14.2 Å². The average molecular weight is 433 g/mol. The van der Waals surface area contributed by atoms with Gasteiger partial charge in [0.05, 0.1) is 30.0 Å². The summed E-state index contributed by atoms with van der Waals surface area (Å²) in [6, 6.07) is 14.2. The number of aryl methyl sites for hydroxylation is 1. The fourth-order valence-corrected chi connectivity index (χ4v) is 4.49. The van der Waals surface area contributed by atoms with Crippen LogP contribution in [0.15, 0.2) is 48.5 Å². The summed E-state index contributed by atoms with van der Waals surface area (Å²) >= 11 is 0. The lowest BCUT2D eigenvalue weighted by atomic mass is 10.1. The summed E-state index contributed by atoms with van der Waals surface area (Å²) in [6.07, 6.45) is 1.52. The van der Waals surface area contributed by atoms with Crippen molar-refractivity contribution >= 4 is 33.5 Å². The fraction of sp³-hybridized carbons (Fsp3) is 0.280. The molecule has 1 saturated heterocycles. The molecular weight excluding hydrogens is 409 g/mol.